The van der Waals surface area contributed by atoms with Crippen molar-refractivity contribution in [1.82, 2.24) is 35.1 Å². The highest BCUT2D eigenvalue weighted by Crippen LogP contribution is 2.42. The molecule has 2 aromatic carbocycles. The van der Waals surface area contributed by atoms with Crippen molar-refractivity contribution in [3.8, 4) is 39.4 Å². The number of ether oxygens (including phenoxy) is 2. The number of carbonyl (C=O) groups is 2. The first-order valence-corrected chi connectivity index (χ1v) is 17.5. The SMILES string of the molecule is COC(=O)C[C@H](O)CNCc1nn2cc(-c3cccc(-c4cccc(-c5ccc(CNC[C@@H]6CCC(=O)N6)c(OC)n5)c4Cl)c3Cl)cc2c(=O)n1C. The zero-order valence-corrected chi connectivity index (χ0v) is 30.4. The molecule has 6 rings (SSSR count). The van der Waals surface area contributed by atoms with Gasteiger partial charge in [0.15, 0.2) is 0 Å². The molecule has 1 aliphatic heterocycles. The molecule has 3 aromatic heterocycles. The molecular formula is C37H39Cl2N7O6. The number of methoxy groups -OCH3 is 2. The number of aliphatic hydroxyl groups excluding tert-OH is 1. The van der Waals surface area contributed by atoms with Gasteiger partial charge in [0, 0.05) is 78.7 Å². The van der Waals surface area contributed by atoms with Crippen LogP contribution < -0.4 is 26.2 Å². The van der Waals surface area contributed by atoms with E-state index in [1.807, 2.05) is 48.5 Å². The van der Waals surface area contributed by atoms with Gasteiger partial charge in [0.2, 0.25) is 11.8 Å². The second kappa shape index (κ2) is 16.3. The third-order valence-corrected chi connectivity index (χ3v) is 9.84. The topological polar surface area (TPSA) is 161 Å². The molecule has 0 aliphatic carbocycles. The second-order valence-electron chi connectivity index (χ2n) is 12.5. The molecule has 0 radical (unpaired) electrons. The quantitative estimate of drug-likeness (QED) is 0.122. The standard InChI is InChI=1S/C37H39Cl2N7O6/c1-45-31(19-41-18-24(47)15-33(49)51-2)44-46-20-22(14-30(46)37(45)50)25-6-4-7-26(34(25)38)27-8-5-9-28(35(27)39)29-12-10-21(36(43-29)52-3)16-40-17-23-11-13-32(48)42-23/h4-10,12,14,20,23-24,40-41,47H,11,13,15-19H2,1-3H3,(H,42,48)/t23-,24-/m0/s1. The lowest BCUT2D eigenvalue weighted by atomic mass is 9.97. The maximum atomic E-state index is 13.3. The first-order valence-electron chi connectivity index (χ1n) is 16.7. The van der Waals surface area contributed by atoms with Gasteiger partial charge in [-0.25, -0.2) is 9.50 Å². The van der Waals surface area contributed by atoms with Crippen LogP contribution in [0.1, 0.15) is 30.7 Å². The van der Waals surface area contributed by atoms with Crippen molar-refractivity contribution < 1.29 is 24.2 Å². The minimum absolute atomic E-state index is 0.0823. The zero-order valence-electron chi connectivity index (χ0n) is 28.9. The smallest absolute Gasteiger partial charge is 0.308 e. The summed E-state index contributed by atoms with van der Waals surface area (Å²) in [5, 5.41) is 25.0. The van der Waals surface area contributed by atoms with E-state index in [0.717, 1.165) is 12.0 Å². The summed E-state index contributed by atoms with van der Waals surface area (Å²) in [5.74, 6) is 0.471. The molecule has 1 fully saturated rings. The third kappa shape index (κ3) is 7.98. The summed E-state index contributed by atoms with van der Waals surface area (Å²) in [6, 6.07) is 17.0. The fourth-order valence-corrected chi connectivity index (χ4v) is 6.88. The van der Waals surface area contributed by atoms with E-state index < -0.39 is 12.1 Å². The molecule has 272 valence electrons. The lowest BCUT2D eigenvalue weighted by Crippen LogP contribution is -2.35. The largest absolute Gasteiger partial charge is 0.481 e. The van der Waals surface area contributed by atoms with E-state index in [2.05, 4.69) is 25.8 Å². The highest BCUT2D eigenvalue weighted by atomic mass is 35.5. The summed E-state index contributed by atoms with van der Waals surface area (Å²) < 4.78 is 13.2. The molecule has 0 bridgehead atoms. The maximum absolute atomic E-state index is 13.3. The Balaban J connectivity index is 1.23. The number of halogens is 2. The molecule has 0 saturated carbocycles. The summed E-state index contributed by atoms with van der Waals surface area (Å²) in [4.78, 5) is 41.0. The number of hydrogen-bond donors (Lipinski definition) is 4. The Bertz CT molecular complexity index is 2190. The zero-order chi connectivity index (χ0) is 36.9. The Morgan fingerprint density at radius 3 is 2.42 bits per heavy atom. The van der Waals surface area contributed by atoms with Crippen LogP contribution in [0.2, 0.25) is 10.0 Å². The van der Waals surface area contributed by atoms with E-state index in [0.29, 0.717) is 80.3 Å². The Morgan fingerprint density at radius 2 is 1.73 bits per heavy atom. The van der Waals surface area contributed by atoms with Crippen molar-refractivity contribution in [2.45, 2.75) is 44.5 Å². The molecule has 15 heteroatoms. The van der Waals surface area contributed by atoms with Gasteiger partial charge in [-0.3, -0.25) is 19.0 Å². The number of nitrogens with one attached hydrogen (secondary N) is 3. The van der Waals surface area contributed by atoms with Gasteiger partial charge >= 0.3 is 5.97 Å². The summed E-state index contributed by atoms with van der Waals surface area (Å²) in [5.41, 5.74) is 5.09. The molecule has 2 atom stereocenters. The minimum atomic E-state index is -0.943. The van der Waals surface area contributed by atoms with Crippen molar-refractivity contribution in [2.75, 3.05) is 27.3 Å². The Kier molecular flexibility index (Phi) is 11.6. The van der Waals surface area contributed by atoms with Crippen molar-refractivity contribution in [1.29, 1.82) is 0 Å². The average Bonchev–Trinajstić information content (AvgIpc) is 3.76. The molecule has 4 N–H and O–H groups in total. The molecule has 1 aliphatic rings. The summed E-state index contributed by atoms with van der Waals surface area (Å²) in [6.07, 6.45) is 2.02. The molecule has 4 heterocycles. The van der Waals surface area contributed by atoms with Crippen LogP contribution in [0.25, 0.3) is 39.0 Å². The van der Waals surface area contributed by atoms with Gasteiger partial charge in [-0.05, 0) is 18.6 Å². The van der Waals surface area contributed by atoms with E-state index in [1.165, 1.54) is 16.2 Å². The molecule has 0 spiro atoms. The van der Waals surface area contributed by atoms with E-state index in [-0.39, 0.29) is 37.0 Å². The molecule has 5 aromatic rings. The van der Waals surface area contributed by atoms with Gasteiger partial charge in [0.25, 0.3) is 5.56 Å². The fourth-order valence-electron chi connectivity index (χ4n) is 6.22. The van der Waals surface area contributed by atoms with Crippen LogP contribution in [0.5, 0.6) is 5.88 Å². The molecule has 13 nitrogen and oxygen atoms in total. The monoisotopic (exact) mass is 747 g/mol. The van der Waals surface area contributed by atoms with Crippen molar-refractivity contribution in [3.05, 3.63) is 92.6 Å². The van der Waals surface area contributed by atoms with Gasteiger partial charge in [0.05, 0.1) is 49.0 Å². The van der Waals surface area contributed by atoms with E-state index in [1.54, 1.807) is 26.4 Å². The highest BCUT2D eigenvalue weighted by Gasteiger charge is 2.21. The molecular weight excluding hydrogens is 709 g/mol. The number of esters is 1. The highest BCUT2D eigenvalue weighted by molar-refractivity contribution is 6.39. The number of pyridine rings is 1. The van der Waals surface area contributed by atoms with Gasteiger partial charge in [-0.2, -0.15) is 5.10 Å². The number of carbonyl (C=O) groups excluding carboxylic acids is 2. The van der Waals surface area contributed by atoms with E-state index in [4.69, 9.17) is 32.9 Å². The van der Waals surface area contributed by atoms with Crippen LogP contribution in [0.3, 0.4) is 0 Å². The van der Waals surface area contributed by atoms with E-state index >= 15 is 0 Å². The maximum Gasteiger partial charge on any atom is 0.308 e. The van der Waals surface area contributed by atoms with Gasteiger partial charge < -0.3 is 30.5 Å². The molecule has 1 saturated heterocycles. The number of aromatic nitrogens is 4. The Morgan fingerprint density at radius 1 is 1.02 bits per heavy atom. The Hall–Kier alpha value is -4.79. The molecule has 1 amide bonds. The minimum Gasteiger partial charge on any atom is -0.481 e. The number of aliphatic hydroxyl groups is 1. The molecule has 52 heavy (non-hydrogen) atoms. The third-order valence-electron chi connectivity index (χ3n) is 9.03. The van der Waals surface area contributed by atoms with Crippen molar-refractivity contribution in [2.24, 2.45) is 7.05 Å². The van der Waals surface area contributed by atoms with Crippen LogP contribution in [-0.4, -0.2) is 75.6 Å². The Labute approximate surface area is 309 Å². The average molecular weight is 749 g/mol. The number of amides is 1. The van der Waals surface area contributed by atoms with Crippen LogP contribution in [0.15, 0.2) is 65.6 Å². The number of rotatable bonds is 14. The summed E-state index contributed by atoms with van der Waals surface area (Å²) in [7, 11) is 4.46. The van der Waals surface area contributed by atoms with E-state index in [9.17, 15) is 19.5 Å². The first kappa shape index (κ1) is 37.0. The van der Waals surface area contributed by atoms with Gasteiger partial charge in [-0.15, -0.1) is 0 Å². The normalized spacial score (nSPS) is 14.8. The van der Waals surface area contributed by atoms with Crippen LogP contribution in [-0.2, 0) is 34.5 Å². The van der Waals surface area contributed by atoms with Crippen molar-refractivity contribution in [3.63, 3.8) is 0 Å². The summed E-state index contributed by atoms with van der Waals surface area (Å²) in [6.45, 7) is 1.47. The first-order chi connectivity index (χ1) is 25.1. The number of hydrogen-bond acceptors (Lipinski definition) is 10. The number of nitrogens with zero attached hydrogens (tertiary/aromatic N) is 4. The van der Waals surface area contributed by atoms with Crippen LogP contribution in [0, 0.1) is 0 Å². The fraction of sp³-hybridized carbons (Fsp3) is 0.324. The predicted molar refractivity (Wildman–Crippen MR) is 198 cm³/mol. The number of benzene rings is 2. The predicted octanol–water partition coefficient (Wildman–Crippen LogP) is 4.13. The lowest BCUT2D eigenvalue weighted by Gasteiger charge is -2.15. The summed E-state index contributed by atoms with van der Waals surface area (Å²) >= 11 is 14.2. The van der Waals surface area contributed by atoms with Crippen LogP contribution >= 0.6 is 23.2 Å². The van der Waals surface area contributed by atoms with Gasteiger partial charge in [-0.1, -0.05) is 65.7 Å². The second-order valence-corrected chi connectivity index (χ2v) is 13.3. The lowest BCUT2D eigenvalue weighted by molar-refractivity contribution is -0.142. The van der Waals surface area contributed by atoms with Crippen molar-refractivity contribution >= 4 is 40.6 Å². The van der Waals surface area contributed by atoms with Crippen LogP contribution in [0.4, 0.5) is 0 Å². The van der Waals surface area contributed by atoms with Gasteiger partial charge in [0.1, 0.15) is 11.3 Å². The molecule has 0 unspecified atom stereocenters. The number of fused-ring (bicyclic) bond motifs is 1.